The van der Waals surface area contributed by atoms with Crippen molar-refractivity contribution in [2.45, 2.75) is 70.8 Å². The van der Waals surface area contributed by atoms with Gasteiger partial charge in [0.1, 0.15) is 5.82 Å². The molecule has 1 aliphatic heterocycles. The molecule has 1 aliphatic carbocycles. The summed E-state index contributed by atoms with van der Waals surface area (Å²) >= 11 is 0. The molecule has 2 unspecified atom stereocenters. The highest BCUT2D eigenvalue weighted by Crippen LogP contribution is 2.58. The molecule has 1 nitrogen and oxygen atoms in total. The fraction of sp³-hybridized carbons (Fsp3) is 0.344. The van der Waals surface area contributed by atoms with Crippen LogP contribution in [0.25, 0.3) is 33.2 Å². The van der Waals surface area contributed by atoms with Crippen LogP contribution in [0, 0.1) is 5.82 Å². The first-order valence-corrected chi connectivity index (χ1v) is 12.6. The molecule has 0 saturated heterocycles. The molecule has 0 amide bonds. The summed E-state index contributed by atoms with van der Waals surface area (Å²) in [6, 6.07) is 21.1. The van der Waals surface area contributed by atoms with Crippen LogP contribution in [-0.2, 0) is 16.4 Å². The molecule has 0 fully saturated rings. The summed E-state index contributed by atoms with van der Waals surface area (Å²) in [5.41, 5.74) is 7.47. The molecule has 2 heterocycles. The number of aromatic nitrogens is 1. The van der Waals surface area contributed by atoms with Crippen molar-refractivity contribution < 1.29 is 8.96 Å². The van der Waals surface area contributed by atoms with Gasteiger partial charge in [0.2, 0.25) is 5.69 Å². The maximum Gasteiger partial charge on any atom is 0.221 e. The molecule has 2 aliphatic rings. The Hall–Kier alpha value is -3.00. The van der Waals surface area contributed by atoms with E-state index in [9.17, 15) is 0 Å². The minimum atomic E-state index is -0.427. The molecule has 6 rings (SSSR count). The van der Waals surface area contributed by atoms with Crippen LogP contribution < -0.4 is 4.57 Å². The van der Waals surface area contributed by atoms with Crippen LogP contribution in [0.1, 0.15) is 71.1 Å². The van der Waals surface area contributed by atoms with Crippen LogP contribution in [0.3, 0.4) is 0 Å². The number of rotatable bonds is 3. The first-order chi connectivity index (χ1) is 16.2. The molecular formula is C32H33FN+. The summed E-state index contributed by atoms with van der Waals surface area (Å²) in [5, 5.41) is 2.54. The van der Waals surface area contributed by atoms with E-state index in [2.05, 4.69) is 107 Å². The first-order valence-electron chi connectivity index (χ1n) is 12.6. The van der Waals surface area contributed by atoms with E-state index in [1.165, 1.54) is 38.7 Å². The van der Waals surface area contributed by atoms with Gasteiger partial charge in [-0.1, -0.05) is 82.3 Å². The van der Waals surface area contributed by atoms with Gasteiger partial charge in [0.15, 0.2) is 11.7 Å². The summed E-state index contributed by atoms with van der Waals surface area (Å²) in [5.74, 6) is -0.0938. The van der Waals surface area contributed by atoms with Gasteiger partial charge in [0.25, 0.3) is 0 Å². The van der Waals surface area contributed by atoms with Crippen molar-refractivity contribution in [3.63, 3.8) is 0 Å². The van der Waals surface area contributed by atoms with E-state index < -0.39 is 5.41 Å². The topological polar surface area (TPSA) is 3.88 Å². The molecule has 0 N–H and O–H groups in total. The second-order valence-corrected chi connectivity index (χ2v) is 11.1. The second-order valence-electron chi connectivity index (χ2n) is 11.1. The van der Waals surface area contributed by atoms with Crippen LogP contribution in [0.2, 0.25) is 0 Å². The van der Waals surface area contributed by atoms with Crippen LogP contribution in [-0.4, -0.2) is 0 Å². The lowest BCUT2D eigenvalue weighted by Gasteiger charge is -2.49. The number of hydrogen-bond acceptors (Lipinski definition) is 0. The van der Waals surface area contributed by atoms with Crippen molar-refractivity contribution in [3.8, 4) is 22.4 Å². The highest BCUT2D eigenvalue weighted by molar-refractivity contribution is 6.07. The molecule has 0 bridgehead atoms. The highest BCUT2D eigenvalue weighted by atomic mass is 19.1. The van der Waals surface area contributed by atoms with Gasteiger partial charge in [-0.25, -0.2) is 4.39 Å². The molecule has 0 saturated carbocycles. The summed E-state index contributed by atoms with van der Waals surface area (Å²) < 4.78 is 18.3. The zero-order valence-electron chi connectivity index (χ0n) is 21.1. The van der Waals surface area contributed by atoms with Crippen molar-refractivity contribution in [2.75, 3.05) is 0 Å². The van der Waals surface area contributed by atoms with E-state index in [1.54, 1.807) is 6.07 Å². The highest BCUT2D eigenvalue weighted by Gasteiger charge is 2.59. The Balaban J connectivity index is 1.92. The molecule has 0 radical (unpaired) electrons. The van der Waals surface area contributed by atoms with E-state index in [-0.39, 0.29) is 16.8 Å². The van der Waals surface area contributed by atoms with Gasteiger partial charge < -0.3 is 0 Å². The number of pyridine rings is 1. The van der Waals surface area contributed by atoms with Gasteiger partial charge in [-0.15, -0.1) is 0 Å². The molecule has 4 aromatic rings. The quantitative estimate of drug-likeness (QED) is 0.278. The lowest BCUT2D eigenvalue weighted by atomic mass is 9.57. The van der Waals surface area contributed by atoms with Gasteiger partial charge in [0, 0.05) is 29.7 Å². The molecule has 1 aromatic heterocycles. The monoisotopic (exact) mass is 450 g/mol. The molecule has 3 aromatic carbocycles. The smallest absolute Gasteiger partial charge is 0.207 e. The van der Waals surface area contributed by atoms with Gasteiger partial charge >= 0.3 is 0 Å². The molecule has 2 atom stereocenters. The van der Waals surface area contributed by atoms with Crippen molar-refractivity contribution in [3.05, 3.63) is 89.4 Å². The Kier molecular flexibility index (Phi) is 4.29. The Labute approximate surface area is 202 Å². The third-order valence-corrected chi connectivity index (χ3v) is 9.58. The Bertz CT molecular complexity index is 1480. The lowest BCUT2D eigenvalue weighted by Crippen LogP contribution is -2.68. The minimum Gasteiger partial charge on any atom is -0.207 e. The zero-order valence-corrected chi connectivity index (χ0v) is 21.1. The van der Waals surface area contributed by atoms with Crippen molar-refractivity contribution >= 4 is 10.8 Å². The molecule has 0 spiro atoms. The first kappa shape index (κ1) is 21.5. The van der Waals surface area contributed by atoms with Crippen LogP contribution >= 0.6 is 0 Å². The van der Waals surface area contributed by atoms with Crippen LogP contribution in [0.15, 0.2) is 66.9 Å². The molecule has 34 heavy (non-hydrogen) atoms. The minimum absolute atomic E-state index is 0.0938. The third-order valence-electron chi connectivity index (χ3n) is 9.58. The molecular weight excluding hydrogens is 417 g/mol. The van der Waals surface area contributed by atoms with E-state index in [4.69, 9.17) is 0 Å². The summed E-state index contributed by atoms with van der Waals surface area (Å²) in [7, 11) is 0. The number of hydrogen-bond donors (Lipinski definition) is 0. The van der Waals surface area contributed by atoms with E-state index in [1.807, 2.05) is 0 Å². The zero-order chi connectivity index (χ0) is 24.0. The largest absolute Gasteiger partial charge is 0.221 e. The number of nitrogens with zero attached hydrogens (tertiary/aromatic N) is 1. The predicted molar refractivity (Wildman–Crippen MR) is 139 cm³/mol. The van der Waals surface area contributed by atoms with Gasteiger partial charge in [-0.05, 0) is 36.1 Å². The van der Waals surface area contributed by atoms with Gasteiger partial charge in [-0.2, -0.15) is 4.57 Å². The Morgan fingerprint density at radius 1 is 0.794 bits per heavy atom. The van der Waals surface area contributed by atoms with Crippen LogP contribution in [0.4, 0.5) is 4.39 Å². The third kappa shape index (κ3) is 2.32. The predicted octanol–water partition coefficient (Wildman–Crippen LogP) is 8.05. The number of halogens is 1. The fourth-order valence-electron chi connectivity index (χ4n) is 7.14. The van der Waals surface area contributed by atoms with Crippen LogP contribution in [0.5, 0.6) is 0 Å². The molecule has 172 valence electrons. The summed E-state index contributed by atoms with van der Waals surface area (Å²) in [4.78, 5) is 0. The van der Waals surface area contributed by atoms with Crippen molar-refractivity contribution in [1.29, 1.82) is 0 Å². The molecule has 2 heteroatoms. The Morgan fingerprint density at radius 3 is 2.21 bits per heavy atom. The normalized spacial score (nSPS) is 23.9. The average molecular weight is 451 g/mol. The van der Waals surface area contributed by atoms with E-state index >= 15 is 4.39 Å². The summed E-state index contributed by atoms with van der Waals surface area (Å²) in [6.45, 7) is 13.8. The summed E-state index contributed by atoms with van der Waals surface area (Å²) in [6.07, 6.45) is 4.35. The maximum absolute atomic E-state index is 15.7. The van der Waals surface area contributed by atoms with E-state index in [0.29, 0.717) is 0 Å². The van der Waals surface area contributed by atoms with Gasteiger partial charge in [0.05, 0.1) is 21.9 Å². The van der Waals surface area contributed by atoms with Gasteiger partial charge in [-0.3, -0.25) is 0 Å². The lowest BCUT2D eigenvalue weighted by molar-refractivity contribution is -0.763. The average Bonchev–Trinajstić information content (AvgIpc) is 2.85. The standard InChI is InChI=1S/C32H33FN/c1-7-31(5)24-17-18-25(33)28-27(24)29-26-21(15-12-16-23(26)30(28,3)4)22(20-13-10-9-11-14-20)19-34(29)32(31,6)8-2/h9-19H,7-8H2,1-6H3/q+1. The Morgan fingerprint density at radius 2 is 1.53 bits per heavy atom. The maximum atomic E-state index is 15.7. The second kappa shape index (κ2) is 6.78. The number of benzene rings is 3. The fourth-order valence-corrected chi connectivity index (χ4v) is 7.14. The SMILES string of the molecule is CCC1(C)c2ccc(F)c3c2-c2c4c(cccc4c(-c4ccccc4)c[n+]2C1(C)CC)C3(C)C. The van der Waals surface area contributed by atoms with Crippen molar-refractivity contribution in [2.24, 2.45) is 0 Å². The van der Waals surface area contributed by atoms with Crippen molar-refractivity contribution in [1.82, 2.24) is 0 Å². The van der Waals surface area contributed by atoms with E-state index in [0.717, 1.165) is 24.0 Å².